The average molecular weight is 476 g/mol. The number of nitrogens with zero attached hydrogens (tertiary/aromatic N) is 4. The number of aromatic carboxylic acids is 1. The number of pyridine rings is 1. The van der Waals surface area contributed by atoms with Crippen LogP contribution in [0.2, 0.25) is 0 Å². The van der Waals surface area contributed by atoms with E-state index in [9.17, 15) is 33.2 Å². The molecule has 3 aromatic rings. The molecule has 0 amide bonds. The van der Waals surface area contributed by atoms with E-state index in [0.717, 1.165) is 18.3 Å². The summed E-state index contributed by atoms with van der Waals surface area (Å²) in [6.07, 6.45) is -3.27. The molecule has 2 heterocycles. The molecule has 178 valence electrons. The SMILES string of the molecule is CCc1nc(NCCNc2ccc([N+](=O)[O-])cn2)nc(-c2cccc(C(F)(F)F)c2)c1C(=O)O. The third kappa shape index (κ3) is 5.74. The summed E-state index contributed by atoms with van der Waals surface area (Å²) in [6.45, 7) is 2.22. The highest BCUT2D eigenvalue weighted by Gasteiger charge is 2.31. The maximum Gasteiger partial charge on any atom is 0.416 e. The molecule has 0 radical (unpaired) electrons. The van der Waals surface area contributed by atoms with Gasteiger partial charge < -0.3 is 15.7 Å². The Morgan fingerprint density at radius 1 is 1.15 bits per heavy atom. The van der Waals surface area contributed by atoms with Crippen LogP contribution in [0.3, 0.4) is 0 Å². The number of hydrogen-bond acceptors (Lipinski definition) is 8. The lowest BCUT2D eigenvalue weighted by atomic mass is 10.0. The van der Waals surface area contributed by atoms with Gasteiger partial charge in [-0.25, -0.2) is 19.7 Å². The van der Waals surface area contributed by atoms with E-state index in [0.29, 0.717) is 12.4 Å². The summed E-state index contributed by atoms with van der Waals surface area (Å²) in [6, 6.07) is 7.02. The summed E-state index contributed by atoms with van der Waals surface area (Å²) in [4.78, 5) is 34.3. The Bertz CT molecular complexity index is 1200. The highest BCUT2D eigenvalue weighted by Crippen LogP contribution is 2.33. The molecule has 0 unspecified atom stereocenters. The van der Waals surface area contributed by atoms with Gasteiger partial charge in [-0.15, -0.1) is 0 Å². The van der Waals surface area contributed by atoms with Crippen LogP contribution >= 0.6 is 0 Å². The van der Waals surface area contributed by atoms with Crippen molar-refractivity contribution in [2.45, 2.75) is 19.5 Å². The quantitative estimate of drug-likeness (QED) is 0.235. The fourth-order valence-corrected chi connectivity index (χ4v) is 3.08. The Hall–Kier alpha value is -4.29. The zero-order valence-corrected chi connectivity index (χ0v) is 17.8. The van der Waals surface area contributed by atoms with Crippen molar-refractivity contribution in [3.63, 3.8) is 0 Å². The van der Waals surface area contributed by atoms with Gasteiger partial charge >= 0.3 is 12.1 Å². The van der Waals surface area contributed by atoms with E-state index >= 15 is 0 Å². The molecule has 3 rings (SSSR count). The molecule has 13 heteroatoms. The number of nitrogens with one attached hydrogen (secondary N) is 2. The molecule has 0 aliphatic carbocycles. The van der Waals surface area contributed by atoms with Crippen LogP contribution in [-0.2, 0) is 12.6 Å². The molecule has 0 aliphatic rings. The van der Waals surface area contributed by atoms with Gasteiger partial charge in [0.25, 0.3) is 5.69 Å². The minimum Gasteiger partial charge on any atom is -0.478 e. The molecular formula is C21H19F3N6O4. The minimum absolute atomic E-state index is 0.000537. The zero-order chi connectivity index (χ0) is 24.9. The van der Waals surface area contributed by atoms with Crippen LogP contribution in [0.15, 0.2) is 42.6 Å². The van der Waals surface area contributed by atoms with E-state index in [1.807, 2.05) is 0 Å². The van der Waals surface area contributed by atoms with E-state index < -0.39 is 22.6 Å². The Labute approximate surface area is 191 Å². The Kier molecular flexibility index (Phi) is 7.24. The van der Waals surface area contributed by atoms with Crippen LogP contribution < -0.4 is 10.6 Å². The summed E-state index contributed by atoms with van der Waals surface area (Å²) < 4.78 is 39.5. The van der Waals surface area contributed by atoms with Crippen molar-refractivity contribution in [1.29, 1.82) is 0 Å². The first kappa shape index (κ1) is 24.4. The number of nitro groups is 1. The number of rotatable bonds is 9. The number of anilines is 2. The van der Waals surface area contributed by atoms with Gasteiger partial charge in [0.2, 0.25) is 5.95 Å². The largest absolute Gasteiger partial charge is 0.478 e. The number of aryl methyl sites for hydroxylation is 1. The third-order valence-corrected chi connectivity index (χ3v) is 4.67. The number of benzene rings is 1. The maximum atomic E-state index is 13.2. The summed E-state index contributed by atoms with van der Waals surface area (Å²) >= 11 is 0. The highest BCUT2D eigenvalue weighted by molar-refractivity contribution is 5.96. The lowest BCUT2D eigenvalue weighted by Crippen LogP contribution is -2.18. The van der Waals surface area contributed by atoms with Crippen LogP contribution in [0.5, 0.6) is 0 Å². The van der Waals surface area contributed by atoms with Gasteiger partial charge in [0.1, 0.15) is 17.6 Å². The van der Waals surface area contributed by atoms with Crippen LogP contribution in [0.1, 0.15) is 28.5 Å². The molecule has 0 saturated heterocycles. The average Bonchev–Trinajstić information content (AvgIpc) is 2.80. The van der Waals surface area contributed by atoms with Gasteiger partial charge in [0.15, 0.2) is 0 Å². The number of alkyl halides is 3. The van der Waals surface area contributed by atoms with E-state index in [2.05, 4.69) is 25.6 Å². The first-order valence-electron chi connectivity index (χ1n) is 10.00. The molecule has 0 spiro atoms. The van der Waals surface area contributed by atoms with Gasteiger partial charge in [-0.05, 0) is 24.6 Å². The van der Waals surface area contributed by atoms with Crippen LogP contribution in [0.25, 0.3) is 11.3 Å². The summed E-state index contributed by atoms with van der Waals surface area (Å²) in [5.74, 6) is -0.900. The highest BCUT2D eigenvalue weighted by atomic mass is 19.4. The lowest BCUT2D eigenvalue weighted by molar-refractivity contribution is -0.385. The molecule has 10 nitrogen and oxygen atoms in total. The van der Waals surface area contributed by atoms with Crippen molar-refractivity contribution in [3.05, 3.63) is 69.5 Å². The number of carbonyl (C=O) groups is 1. The van der Waals surface area contributed by atoms with Crippen molar-refractivity contribution in [3.8, 4) is 11.3 Å². The van der Waals surface area contributed by atoms with E-state index in [-0.39, 0.29) is 47.1 Å². The number of carboxylic acid groups (broad SMARTS) is 1. The molecule has 3 N–H and O–H groups in total. The molecule has 0 aliphatic heterocycles. The van der Waals surface area contributed by atoms with Crippen molar-refractivity contribution < 1.29 is 28.0 Å². The van der Waals surface area contributed by atoms with Gasteiger partial charge in [0, 0.05) is 24.7 Å². The second-order valence-electron chi connectivity index (χ2n) is 6.97. The monoisotopic (exact) mass is 476 g/mol. The molecule has 0 saturated carbocycles. The maximum absolute atomic E-state index is 13.2. The minimum atomic E-state index is -4.60. The first-order valence-corrected chi connectivity index (χ1v) is 10.00. The summed E-state index contributed by atoms with van der Waals surface area (Å²) in [5.41, 5.74) is -1.29. The second kappa shape index (κ2) is 10.1. The number of hydrogen-bond donors (Lipinski definition) is 3. The number of carboxylic acids is 1. The van der Waals surface area contributed by atoms with Gasteiger partial charge in [-0.1, -0.05) is 19.1 Å². The Morgan fingerprint density at radius 3 is 2.47 bits per heavy atom. The predicted molar refractivity (Wildman–Crippen MR) is 117 cm³/mol. The fourth-order valence-electron chi connectivity index (χ4n) is 3.08. The van der Waals surface area contributed by atoms with Crippen LogP contribution in [0, 0.1) is 10.1 Å². The number of aromatic nitrogens is 3. The van der Waals surface area contributed by atoms with Crippen molar-refractivity contribution in [2.75, 3.05) is 23.7 Å². The van der Waals surface area contributed by atoms with Crippen LogP contribution in [0.4, 0.5) is 30.6 Å². The molecule has 1 aromatic carbocycles. The van der Waals surface area contributed by atoms with Crippen molar-refractivity contribution >= 4 is 23.4 Å². The topological polar surface area (TPSA) is 143 Å². The summed E-state index contributed by atoms with van der Waals surface area (Å²) in [5, 5.41) is 26.2. The molecular weight excluding hydrogens is 457 g/mol. The molecule has 0 atom stereocenters. The Balaban J connectivity index is 1.82. The molecule has 34 heavy (non-hydrogen) atoms. The smallest absolute Gasteiger partial charge is 0.416 e. The zero-order valence-electron chi connectivity index (χ0n) is 17.8. The van der Waals surface area contributed by atoms with Crippen LogP contribution in [-0.4, -0.2) is 44.0 Å². The first-order chi connectivity index (χ1) is 16.1. The van der Waals surface area contributed by atoms with Crippen molar-refractivity contribution in [2.24, 2.45) is 0 Å². The van der Waals surface area contributed by atoms with Gasteiger partial charge in [-0.2, -0.15) is 13.2 Å². The normalized spacial score (nSPS) is 11.2. The third-order valence-electron chi connectivity index (χ3n) is 4.67. The van der Waals surface area contributed by atoms with Gasteiger partial charge in [0.05, 0.1) is 21.9 Å². The Morgan fingerprint density at radius 2 is 1.88 bits per heavy atom. The lowest BCUT2D eigenvalue weighted by Gasteiger charge is -2.14. The number of halogens is 3. The van der Waals surface area contributed by atoms with Gasteiger partial charge in [-0.3, -0.25) is 10.1 Å². The van der Waals surface area contributed by atoms with E-state index in [4.69, 9.17) is 0 Å². The molecule has 2 aromatic heterocycles. The molecule has 0 bridgehead atoms. The second-order valence-corrected chi connectivity index (χ2v) is 6.97. The summed E-state index contributed by atoms with van der Waals surface area (Å²) in [7, 11) is 0. The predicted octanol–water partition coefficient (Wildman–Crippen LogP) is 4.25. The van der Waals surface area contributed by atoms with Crippen molar-refractivity contribution in [1.82, 2.24) is 15.0 Å². The van der Waals surface area contributed by atoms with E-state index in [1.54, 1.807) is 6.92 Å². The molecule has 0 fully saturated rings. The standard InChI is InChI=1S/C21H19F3N6O4/c1-2-15-17(19(31)32)18(12-4-3-5-13(10-12)21(22,23)24)29-20(28-15)26-9-8-25-16-7-6-14(11-27-16)30(33)34/h3-7,10-11H,2,8-9H2,1H3,(H,25,27)(H,31,32)(H,26,28,29). The van der Waals surface area contributed by atoms with E-state index in [1.165, 1.54) is 24.3 Å². The fraction of sp³-hybridized carbons (Fsp3) is 0.238.